The Labute approximate surface area is 144 Å². The van der Waals surface area contributed by atoms with Crippen LogP contribution in [0, 0.1) is 11.8 Å². The largest absolute Gasteiger partial charge is 0.378 e. The fraction of sp³-hybridized carbons (Fsp3) is 0.889. The van der Waals surface area contributed by atoms with Crippen molar-refractivity contribution in [2.75, 3.05) is 45.9 Å². The summed E-state index contributed by atoms with van der Waals surface area (Å²) in [7, 11) is 0. The van der Waals surface area contributed by atoms with Crippen LogP contribution in [0.4, 0.5) is 0 Å². The number of nitrogens with zero attached hydrogens (tertiary/aromatic N) is 2. The van der Waals surface area contributed by atoms with Gasteiger partial charge in [-0.1, -0.05) is 6.92 Å². The predicted octanol–water partition coefficient (Wildman–Crippen LogP) is 0.862. The van der Waals surface area contributed by atoms with Crippen molar-refractivity contribution in [3.05, 3.63) is 0 Å². The van der Waals surface area contributed by atoms with E-state index in [0.29, 0.717) is 32.0 Å². The molecule has 3 fully saturated rings. The van der Waals surface area contributed by atoms with E-state index in [-0.39, 0.29) is 17.9 Å². The molecule has 1 unspecified atom stereocenters. The van der Waals surface area contributed by atoms with E-state index in [9.17, 15) is 9.59 Å². The minimum Gasteiger partial charge on any atom is -0.378 e. The lowest BCUT2D eigenvalue weighted by Crippen LogP contribution is -2.48. The van der Waals surface area contributed by atoms with Crippen LogP contribution in [0.3, 0.4) is 0 Å². The van der Waals surface area contributed by atoms with Crippen LogP contribution in [-0.2, 0) is 14.3 Å². The molecule has 136 valence electrons. The Hall–Kier alpha value is -1.14. The van der Waals surface area contributed by atoms with Gasteiger partial charge in [0.15, 0.2) is 0 Å². The molecule has 0 aromatic carbocycles. The van der Waals surface area contributed by atoms with Crippen LogP contribution < -0.4 is 5.32 Å². The van der Waals surface area contributed by atoms with Crippen LogP contribution in [0.5, 0.6) is 0 Å². The second kappa shape index (κ2) is 8.30. The summed E-state index contributed by atoms with van der Waals surface area (Å²) in [5.41, 5.74) is 0. The van der Waals surface area contributed by atoms with E-state index in [1.807, 2.05) is 9.80 Å². The molecule has 0 aromatic heterocycles. The van der Waals surface area contributed by atoms with E-state index in [4.69, 9.17) is 4.74 Å². The molecule has 3 heterocycles. The first-order chi connectivity index (χ1) is 11.6. The third-order valence-electron chi connectivity index (χ3n) is 5.71. The predicted molar refractivity (Wildman–Crippen MR) is 91.5 cm³/mol. The summed E-state index contributed by atoms with van der Waals surface area (Å²) < 4.78 is 5.41. The summed E-state index contributed by atoms with van der Waals surface area (Å²) in [5.74, 6) is 1.36. The second-order valence-corrected chi connectivity index (χ2v) is 7.59. The molecule has 0 radical (unpaired) electrons. The zero-order valence-corrected chi connectivity index (χ0v) is 14.8. The zero-order valence-electron chi connectivity index (χ0n) is 14.8. The van der Waals surface area contributed by atoms with E-state index < -0.39 is 0 Å². The first-order valence-corrected chi connectivity index (χ1v) is 9.51. The standard InChI is InChI=1S/C18H31N3O3/c1-14-2-7-21(8-3-14)18(23)15-4-9-20(10-5-15)17(22)12-16-13-24-11-6-19-16/h14-16,19H,2-13H2,1H3. The number of rotatable bonds is 3. The summed E-state index contributed by atoms with van der Waals surface area (Å²) in [5, 5.41) is 3.33. The Morgan fingerprint density at radius 2 is 1.71 bits per heavy atom. The van der Waals surface area contributed by atoms with E-state index >= 15 is 0 Å². The Morgan fingerprint density at radius 3 is 2.33 bits per heavy atom. The van der Waals surface area contributed by atoms with Gasteiger partial charge in [-0.2, -0.15) is 0 Å². The molecule has 3 aliphatic rings. The molecule has 6 heteroatoms. The number of amides is 2. The number of hydrogen-bond donors (Lipinski definition) is 1. The lowest BCUT2D eigenvalue weighted by atomic mass is 9.92. The monoisotopic (exact) mass is 337 g/mol. The van der Waals surface area contributed by atoms with Gasteiger partial charge in [-0.15, -0.1) is 0 Å². The summed E-state index contributed by atoms with van der Waals surface area (Å²) in [6, 6.07) is 0.140. The summed E-state index contributed by atoms with van der Waals surface area (Å²) in [6.45, 7) is 7.68. The third kappa shape index (κ3) is 4.48. The number of morpholine rings is 1. The van der Waals surface area contributed by atoms with Gasteiger partial charge in [0, 0.05) is 51.1 Å². The number of ether oxygens (including phenoxy) is 1. The van der Waals surface area contributed by atoms with Crippen molar-refractivity contribution in [1.82, 2.24) is 15.1 Å². The van der Waals surface area contributed by atoms with Gasteiger partial charge in [-0.05, 0) is 31.6 Å². The van der Waals surface area contributed by atoms with Crippen molar-refractivity contribution in [3.8, 4) is 0 Å². The maximum atomic E-state index is 12.6. The Morgan fingerprint density at radius 1 is 1.04 bits per heavy atom. The number of piperidine rings is 2. The van der Waals surface area contributed by atoms with Gasteiger partial charge in [0.25, 0.3) is 0 Å². The molecule has 3 rings (SSSR count). The van der Waals surface area contributed by atoms with Crippen molar-refractivity contribution < 1.29 is 14.3 Å². The van der Waals surface area contributed by atoms with Crippen LogP contribution >= 0.6 is 0 Å². The van der Waals surface area contributed by atoms with Crippen molar-refractivity contribution in [1.29, 1.82) is 0 Å². The molecule has 0 aliphatic carbocycles. The number of carbonyl (C=O) groups is 2. The van der Waals surface area contributed by atoms with E-state index in [2.05, 4.69) is 12.2 Å². The van der Waals surface area contributed by atoms with Crippen molar-refractivity contribution in [2.45, 2.75) is 45.1 Å². The fourth-order valence-electron chi connectivity index (χ4n) is 3.95. The van der Waals surface area contributed by atoms with Crippen LogP contribution in [0.2, 0.25) is 0 Å². The number of nitrogens with one attached hydrogen (secondary N) is 1. The van der Waals surface area contributed by atoms with Gasteiger partial charge in [0.05, 0.1) is 13.2 Å². The Kier molecular flexibility index (Phi) is 6.11. The Balaban J connectivity index is 1.41. The van der Waals surface area contributed by atoms with Gasteiger partial charge >= 0.3 is 0 Å². The molecular formula is C18H31N3O3. The highest BCUT2D eigenvalue weighted by Gasteiger charge is 2.32. The quantitative estimate of drug-likeness (QED) is 0.830. The maximum absolute atomic E-state index is 12.6. The van der Waals surface area contributed by atoms with E-state index in [0.717, 1.165) is 57.8 Å². The van der Waals surface area contributed by atoms with Crippen LogP contribution in [0.1, 0.15) is 39.0 Å². The topological polar surface area (TPSA) is 61.9 Å². The van der Waals surface area contributed by atoms with Gasteiger partial charge in [0.1, 0.15) is 0 Å². The summed E-state index contributed by atoms with van der Waals surface area (Å²) in [4.78, 5) is 29.0. The molecule has 0 bridgehead atoms. The normalized spacial score (nSPS) is 27.3. The molecule has 24 heavy (non-hydrogen) atoms. The highest BCUT2D eigenvalue weighted by molar-refractivity contribution is 5.80. The van der Waals surface area contributed by atoms with Crippen LogP contribution in [0.15, 0.2) is 0 Å². The molecule has 3 saturated heterocycles. The molecule has 0 saturated carbocycles. The average molecular weight is 337 g/mol. The van der Waals surface area contributed by atoms with Crippen molar-refractivity contribution in [3.63, 3.8) is 0 Å². The fourth-order valence-corrected chi connectivity index (χ4v) is 3.95. The minimum absolute atomic E-state index is 0.110. The van der Waals surface area contributed by atoms with Gasteiger partial charge < -0.3 is 19.9 Å². The lowest BCUT2D eigenvalue weighted by Gasteiger charge is -2.37. The Bertz CT molecular complexity index is 435. The summed E-state index contributed by atoms with van der Waals surface area (Å²) >= 11 is 0. The highest BCUT2D eigenvalue weighted by Crippen LogP contribution is 2.24. The second-order valence-electron chi connectivity index (χ2n) is 7.59. The molecule has 0 spiro atoms. The number of likely N-dealkylation sites (tertiary alicyclic amines) is 2. The SMILES string of the molecule is CC1CCN(C(=O)C2CCN(C(=O)CC3COCCN3)CC2)CC1. The minimum atomic E-state index is 0.110. The number of hydrogen-bond acceptors (Lipinski definition) is 4. The summed E-state index contributed by atoms with van der Waals surface area (Å²) in [6.07, 6.45) is 4.37. The number of carbonyl (C=O) groups excluding carboxylic acids is 2. The van der Waals surface area contributed by atoms with E-state index in [1.54, 1.807) is 0 Å². The lowest BCUT2D eigenvalue weighted by molar-refractivity contribution is -0.142. The van der Waals surface area contributed by atoms with Crippen molar-refractivity contribution >= 4 is 11.8 Å². The average Bonchev–Trinajstić information content (AvgIpc) is 2.63. The molecule has 0 aromatic rings. The van der Waals surface area contributed by atoms with E-state index in [1.165, 1.54) is 0 Å². The van der Waals surface area contributed by atoms with Gasteiger partial charge in [-0.3, -0.25) is 9.59 Å². The third-order valence-corrected chi connectivity index (χ3v) is 5.71. The molecule has 1 N–H and O–H groups in total. The first-order valence-electron chi connectivity index (χ1n) is 9.51. The van der Waals surface area contributed by atoms with Crippen LogP contribution in [0.25, 0.3) is 0 Å². The molecule has 6 nitrogen and oxygen atoms in total. The zero-order chi connectivity index (χ0) is 16.9. The highest BCUT2D eigenvalue weighted by atomic mass is 16.5. The smallest absolute Gasteiger partial charge is 0.225 e. The van der Waals surface area contributed by atoms with Gasteiger partial charge in [0.2, 0.25) is 11.8 Å². The van der Waals surface area contributed by atoms with Gasteiger partial charge in [-0.25, -0.2) is 0 Å². The molecule has 2 amide bonds. The van der Waals surface area contributed by atoms with Crippen molar-refractivity contribution in [2.24, 2.45) is 11.8 Å². The molecule has 1 atom stereocenters. The first kappa shape index (κ1) is 17.7. The molecular weight excluding hydrogens is 306 g/mol. The maximum Gasteiger partial charge on any atom is 0.225 e. The molecule has 3 aliphatic heterocycles. The van der Waals surface area contributed by atoms with Crippen LogP contribution in [-0.4, -0.2) is 73.6 Å².